The van der Waals surface area contributed by atoms with E-state index in [4.69, 9.17) is 0 Å². The summed E-state index contributed by atoms with van der Waals surface area (Å²) in [5.74, 6) is 0.686. The summed E-state index contributed by atoms with van der Waals surface area (Å²) in [4.78, 5) is 15.0. The lowest BCUT2D eigenvalue weighted by Crippen LogP contribution is -2.53. The van der Waals surface area contributed by atoms with Crippen molar-refractivity contribution in [2.75, 3.05) is 13.1 Å². The van der Waals surface area contributed by atoms with Crippen LogP contribution >= 0.6 is 0 Å². The summed E-state index contributed by atoms with van der Waals surface area (Å²) in [6.45, 7) is 6.56. The Hall–Kier alpha value is -0.570. The molecule has 2 rings (SSSR count). The van der Waals surface area contributed by atoms with Crippen LogP contribution in [0.2, 0.25) is 0 Å². The highest BCUT2D eigenvalue weighted by atomic mass is 16.2. The second kappa shape index (κ2) is 7.28. The minimum atomic E-state index is 0.0854. The Bertz CT molecular complexity index is 278. The third-order valence-electron chi connectivity index (χ3n) is 4.64. The number of carbonyl (C=O) groups is 1. The molecule has 19 heavy (non-hydrogen) atoms. The van der Waals surface area contributed by atoms with Crippen LogP contribution in [0, 0.1) is 5.92 Å². The molecule has 0 aromatic heterocycles. The van der Waals surface area contributed by atoms with E-state index in [9.17, 15) is 4.79 Å². The van der Waals surface area contributed by atoms with Gasteiger partial charge in [-0.1, -0.05) is 39.5 Å². The molecule has 0 aromatic carbocycles. The molecule has 1 aliphatic heterocycles. The summed E-state index contributed by atoms with van der Waals surface area (Å²) in [7, 11) is 0. The summed E-state index contributed by atoms with van der Waals surface area (Å²) >= 11 is 0. The zero-order valence-corrected chi connectivity index (χ0v) is 12.7. The van der Waals surface area contributed by atoms with E-state index in [1.165, 1.54) is 51.4 Å². The highest BCUT2D eigenvalue weighted by Gasteiger charge is 2.31. The summed E-state index contributed by atoms with van der Waals surface area (Å²) in [5.41, 5.74) is 0. The molecule has 3 heteroatoms. The van der Waals surface area contributed by atoms with E-state index in [1.807, 2.05) is 0 Å². The van der Waals surface area contributed by atoms with Gasteiger partial charge in [0.05, 0.1) is 6.04 Å². The van der Waals surface area contributed by atoms with E-state index >= 15 is 0 Å². The van der Waals surface area contributed by atoms with E-state index in [0.29, 0.717) is 12.0 Å². The molecule has 1 N–H and O–H groups in total. The Morgan fingerprint density at radius 2 is 1.58 bits per heavy atom. The molecule has 1 amide bonds. The SMILES string of the molecule is CC(C)C(C(=O)NC1CCCCC1)N1CCCCC1. The van der Waals surface area contributed by atoms with Crippen molar-refractivity contribution in [3.8, 4) is 0 Å². The van der Waals surface area contributed by atoms with Gasteiger partial charge in [-0.25, -0.2) is 0 Å². The smallest absolute Gasteiger partial charge is 0.237 e. The van der Waals surface area contributed by atoms with Crippen LogP contribution in [-0.4, -0.2) is 36.0 Å². The molecule has 1 atom stereocenters. The maximum absolute atomic E-state index is 12.6. The molecule has 1 saturated carbocycles. The third kappa shape index (κ3) is 4.20. The number of nitrogens with zero attached hydrogens (tertiary/aromatic N) is 1. The molecule has 110 valence electrons. The average molecular weight is 266 g/mol. The molecule has 0 aromatic rings. The van der Waals surface area contributed by atoms with Gasteiger partial charge in [-0.3, -0.25) is 9.69 Å². The molecule has 0 bridgehead atoms. The van der Waals surface area contributed by atoms with Crippen LogP contribution in [0.4, 0.5) is 0 Å². The van der Waals surface area contributed by atoms with Crippen LogP contribution in [0.5, 0.6) is 0 Å². The first-order chi connectivity index (χ1) is 9.18. The largest absolute Gasteiger partial charge is 0.352 e. The number of rotatable bonds is 4. The lowest BCUT2D eigenvalue weighted by atomic mass is 9.93. The molecule has 2 fully saturated rings. The zero-order chi connectivity index (χ0) is 13.7. The van der Waals surface area contributed by atoms with Crippen molar-refractivity contribution in [3.05, 3.63) is 0 Å². The maximum Gasteiger partial charge on any atom is 0.237 e. The molecule has 1 unspecified atom stereocenters. The summed E-state index contributed by atoms with van der Waals surface area (Å²) in [5, 5.41) is 3.32. The van der Waals surface area contributed by atoms with E-state index < -0.39 is 0 Å². The van der Waals surface area contributed by atoms with Crippen LogP contribution in [0.3, 0.4) is 0 Å². The minimum absolute atomic E-state index is 0.0854. The van der Waals surface area contributed by atoms with E-state index in [1.54, 1.807) is 0 Å². The maximum atomic E-state index is 12.6. The normalized spacial score (nSPS) is 24.4. The van der Waals surface area contributed by atoms with Gasteiger partial charge in [0.1, 0.15) is 0 Å². The lowest BCUT2D eigenvalue weighted by molar-refractivity contribution is -0.129. The quantitative estimate of drug-likeness (QED) is 0.848. The standard InChI is InChI=1S/C16H30N2O/c1-13(2)15(18-11-7-4-8-12-18)16(19)17-14-9-5-3-6-10-14/h13-15H,3-12H2,1-2H3,(H,17,19). The van der Waals surface area contributed by atoms with Gasteiger partial charge in [-0.05, 0) is 44.7 Å². The van der Waals surface area contributed by atoms with Gasteiger partial charge in [0, 0.05) is 6.04 Å². The molecule has 2 aliphatic rings. The molecule has 1 aliphatic carbocycles. The van der Waals surface area contributed by atoms with Crippen molar-refractivity contribution in [2.24, 2.45) is 5.92 Å². The number of carbonyl (C=O) groups excluding carboxylic acids is 1. The van der Waals surface area contributed by atoms with Gasteiger partial charge in [0.25, 0.3) is 0 Å². The number of piperidine rings is 1. The van der Waals surface area contributed by atoms with Gasteiger partial charge in [-0.15, -0.1) is 0 Å². The summed E-state index contributed by atoms with van der Waals surface area (Å²) in [6.07, 6.45) is 10.1. The third-order valence-corrected chi connectivity index (χ3v) is 4.64. The van der Waals surface area contributed by atoms with Crippen LogP contribution in [0.15, 0.2) is 0 Å². The number of likely N-dealkylation sites (tertiary alicyclic amines) is 1. The van der Waals surface area contributed by atoms with Crippen molar-refractivity contribution in [1.82, 2.24) is 10.2 Å². The molecule has 0 spiro atoms. The zero-order valence-electron chi connectivity index (χ0n) is 12.7. The van der Waals surface area contributed by atoms with Crippen molar-refractivity contribution in [3.63, 3.8) is 0 Å². The molecule has 1 saturated heterocycles. The molecule has 0 radical (unpaired) electrons. The number of nitrogens with one attached hydrogen (secondary N) is 1. The van der Waals surface area contributed by atoms with Gasteiger partial charge < -0.3 is 5.32 Å². The lowest BCUT2D eigenvalue weighted by Gasteiger charge is -2.37. The van der Waals surface area contributed by atoms with Crippen LogP contribution in [0.25, 0.3) is 0 Å². The van der Waals surface area contributed by atoms with E-state index in [2.05, 4.69) is 24.1 Å². The topological polar surface area (TPSA) is 32.3 Å². The van der Waals surface area contributed by atoms with Crippen molar-refractivity contribution in [1.29, 1.82) is 0 Å². The molecule has 1 heterocycles. The van der Waals surface area contributed by atoms with E-state index in [-0.39, 0.29) is 11.9 Å². The Morgan fingerprint density at radius 3 is 2.16 bits per heavy atom. The number of amides is 1. The fourth-order valence-electron chi connectivity index (χ4n) is 3.62. The molecular formula is C16H30N2O. The summed E-state index contributed by atoms with van der Waals surface area (Å²) in [6, 6.07) is 0.523. The van der Waals surface area contributed by atoms with Crippen molar-refractivity contribution >= 4 is 5.91 Å². The van der Waals surface area contributed by atoms with Gasteiger partial charge in [-0.2, -0.15) is 0 Å². The fourth-order valence-corrected chi connectivity index (χ4v) is 3.62. The molecular weight excluding hydrogens is 236 g/mol. The Morgan fingerprint density at radius 1 is 1.00 bits per heavy atom. The number of hydrogen-bond donors (Lipinski definition) is 1. The van der Waals surface area contributed by atoms with Gasteiger partial charge >= 0.3 is 0 Å². The Balaban J connectivity index is 1.91. The fraction of sp³-hybridized carbons (Fsp3) is 0.938. The second-order valence-electron chi connectivity index (χ2n) is 6.63. The highest BCUT2D eigenvalue weighted by molar-refractivity contribution is 5.82. The highest BCUT2D eigenvalue weighted by Crippen LogP contribution is 2.21. The Labute approximate surface area is 118 Å². The predicted octanol–water partition coefficient (Wildman–Crippen LogP) is 2.95. The van der Waals surface area contributed by atoms with Crippen molar-refractivity contribution in [2.45, 2.75) is 77.3 Å². The predicted molar refractivity (Wildman–Crippen MR) is 79.1 cm³/mol. The average Bonchev–Trinajstić information content (AvgIpc) is 2.40. The van der Waals surface area contributed by atoms with Gasteiger partial charge in [0.2, 0.25) is 5.91 Å². The second-order valence-corrected chi connectivity index (χ2v) is 6.63. The van der Waals surface area contributed by atoms with Crippen LogP contribution in [0.1, 0.15) is 65.2 Å². The monoisotopic (exact) mass is 266 g/mol. The Kier molecular flexibility index (Phi) is 5.68. The molecule has 3 nitrogen and oxygen atoms in total. The first-order valence-corrected chi connectivity index (χ1v) is 8.23. The van der Waals surface area contributed by atoms with Crippen LogP contribution in [-0.2, 0) is 4.79 Å². The number of hydrogen-bond acceptors (Lipinski definition) is 2. The van der Waals surface area contributed by atoms with Crippen molar-refractivity contribution < 1.29 is 4.79 Å². The van der Waals surface area contributed by atoms with Gasteiger partial charge in [0.15, 0.2) is 0 Å². The minimum Gasteiger partial charge on any atom is -0.352 e. The summed E-state index contributed by atoms with van der Waals surface area (Å²) < 4.78 is 0. The van der Waals surface area contributed by atoms with Crippen LogP contribution < -0.4 is 5.32 Å². The van der Waals surface area contributed by atoms with E-state index in [0.717, 1.165) is 13.1 Å². The first kappa shape index (κ1) is 14.8. The first-order valence-electron chi connectivity index (χ1n) is 8.23.